The number of nitrogens with zero attached hydrogens (tertiary/aromatic N) is 1. The molecule has 0 aromatic heterocycles. The van der Waals surface area contributed by atoms with Crippen LogP contribution in [-0.4, -0.2) is 35.7 Å². The Kier molecular flexibility index (Phi) is 2.66. The second-order valence-corrected chi connectivity index (χ2v) is 4.27. The van der Waals surface area contributed by atoms with Crippen molar-refractivity contribution < 1.29 is 5.11 Å². The first-order chi connectivity index (χ1) is 5.86. The van der Waals surface area contributed by atoms with Gasteiger partial charge in [-0.25, -0.2) is 0 Å². The minimum atomic E-state index is -0.0344. The quantitative estimate of drug-likeness (QED) is 0.590. The van der Waals surface area contributed by atoms with E-state index in [1.807, 2.05) is 0 Å². The van der Waals surface area contributed by atoms with E-state index in [1.165, 1.54) is 45.2 Å². The third-order valence-corrected chi connectivity index (χ3v) is 3.34. The highest BCUT2D eigenvalue weighted by molar-refractivity contribution is 4.80. The molecule has 12 heavy (non-hydrogen) atoms. The smallest absolute Gasteiger partial charge is 0.0695 e. The number of hydrogen-bond donors (Lipinski definition) is 1. The molecule has 2 saturated heterocycles. The second kappa shape index (κ2) is 3.75. The molecule has 3 unspecified atom stereocenters. The first kappa shape index (κ1) is 8.52. The average Bonchev–Trinajstić information content (AvgIpc) is 2.18. The van der Waals surface area contributed by atoms with Gasteiger partial charge in [0.2, 0.25) is 0 Å². The lowest BCUT2D eigenvalue weighted by Gasteiger charge is -2.27. The van der Waals surface area contributed by atoms with Gasteiger partial charge in [0.1, 0.15) is 0 Å². The van der Waals surface area contributed by atoms with Crippen molar-refractivity contribution in [3.63, 3.8) is 0 Å². The fraction of sp³-hybridized carbons (Fsp3) is 1.00. The molecule has 2 heterocycles. The maximum Gasteiger partial charge on any atom is 0.0695 e. The van der Waals surface area contributed by atoms with Gasteiger partial charge in [-0.1, -0.05) is 6.42 Å². The summed E-state index contributed by atoms with van der Waals surface area (Å²) in [5.41, 5.74) is 0. The Balaban J connectivity index is 2.04. The average molecular weight is 169 g/mol. The van der Waals surface area contributed by atoms with Gasteiger partial charge in [-0.15, -0.1) is 0 Å². The third-order valence-electron chi connectivity index (χ3n) is 3.34. The fourth-order valence-corrected chi connectivity index (χ4v) is 2.56. The molecule has 0 aromatic carbocycles. The second-order valence-electron chi connectivity index (χ2n) is 4.27. The molecule has 0 amide bonds. The topological polar surface area (TPSA) is 23.5 Å². The Hall–Kier alpha value is -0.0800. The lowest BCUT2D eigenvalue weighted by Crippen LogP contribution is -2.36. The van der Waals surface area contributed by atoms with E-state index in [0.29, 0.717) is 5.92 Å². The molecular formula is C10H19NO. The predicted octanol–water partition coefficient (Wildman–Crippen LogP) is 1.24. The Labute approximate surface area is 74.6 Å². The van der Waals surface area contributed by atoms with Crippen LogP contribution >= 0.6 is 0 Å². The van der Waals surface area contributed by atoms with Crippen molar-refractivity contribution in [3.05, 3.63) is 0 Å². The largest absolute Gasteiger partial charge is 0.392 e. The lowest BCUT2D eigenvalue weighted by molar-refractivity contribution is 0.0642. The summed E-state index contributed by atoms with van der Waals surface area (Å²) in [6.45, 7) is 3.36. The van der Waals surface area contributed by atoms with Crippen molar-refractivity contribution in [1.29, 1.82) is 0 Å². The van der Waals surface area contributed by atoms with Crippen LogP contribution in [0, 0.1) is 5.92 Å². The zero-order valence-corrected chi connectivity index (χ0v) is 7.71. The highest BCUT2D eigenvalue weighted by atomic mass is 16.3. The molecule has 2 bridgehead atoms. The van der Waals surface area contributed by atoms with Crippen LogP contribution in [-0.2, 0) is 0 Å². The van der Waals surface area contributed by atoms with Gasteiger partial charge in [0.15, 0.2) is 0 Å². The molecule has 2 heteroatoms. The van der Waals surface area contributed by atoms with Gasteiger partial charge in [-0.2, -0.15) is 0 Å². The molecular weight excluding hydrogens is 150 g/mol. The summed E-state index contributed by atoms with van der Waals surface area (Å²) in [5.74, 6) is 0.607. The molecule has 2 rings (SSSR count). The van der Waals surface area contributed by atoms with Crippen molar-refractivity contribution in [2.45, 2.75) is 38.2 Å². The molecule has 0 spiro atoms. The van der Waals surface area contributed by atoms with E-state index in [4.69, 9.17) is 0 Å². The lowest BCUT2D eigenvalue weighted by atomic mass is 9.91. The third kappa shape index (κ3) is 1.80. The van der Waals surface area contributed by atoms with E-state index < -0.39 is 0 Å². The Morgan fingerprint density at radius 1 is 1.00 bits per heavy atom. The monoisotopic (exact) mass is 169 g/mol. The first-order valence-electron chi connectivity index (χ1n) is 5.26. The molecule has 2 fully saturated rings. The van der Waals surface area contributed by atoms with Crippen LogP contribution in [0.3, 0.4) is 0 Å². The molecule has 0 aromatic rings. The zero-order valence-electron chi connectivity index (χ0n) is 7.71. The summed E-state index contributed by atoms with van der Waals surface area (Å²) in [6.07, 6.45) is 6.42. The summed E-state index contributed by atoms with van der Waals surface area (Å²) >= 11 is 0. The van der Waals surface area contributed by atoms with E-state index >= 15 is 0 Å². The van der Waals surface area contributed by atoms with Crippen LogP contribution in [0.2, 0.25) is 0 Å². The minimum absolute atomic E-state index is 0.0344. The highest BCUT2D eigenvalue weighted by Gasteiger charge is 2.26. The van der Waals surface area contributed by atoms with Crippen LogP contribution < -0.4 is 0 Å². The van der Waals surface area contributed by atoms with Gasteiger partial charge in [0, 0.05) is 6.54 Å². The van der Waals surface area contributed by atoms with Crippen molar-refractivity contribution in [1.82, 2.24) is 4.90 Å². The van der Waals surface area contributed by atoms with Gasteiger partial charge in [0.05, 0.1) is 6.10 Å². The van der Waals surface area contributed by atoms with Crippen molar-refractivity contribution in [3.8, 4) is 0 Å². The minimum Gasteiger partial charge on any atom is -0.392 e. The molecule has 2 nitrogen and oxygen atoms in total. The Morgan fingerprint density at radius 3 is 2.67 bits per heavy atom. The van der Waals surface area contributed by atoms with Crippen LogP contribution in [0.5, 0.6) is 0 Å². The number of aliphatic hydroxyl groups excluding tert-OH is 1. The first-order valence-corrected chi connectivity index (χ1v) is 5.26. The number of rotatable bonds is 0. The SMILES string of the molecule is OC1CN2CCCCC1CCC2. The summed E-state index contributed by atoms with van der Waals surface area (Å²) in [6, 6.07) is 0. The fourth-order valence-electron chi connectivity index (χ4n) is 2.56. The van der Waals surface area contributed by atoms with Crippen LogP contribution in [0.4, 0.5) is 0 Å². The number of hydrogen-bond acceptors (Lipinski definition) is 2. The van der Waals surface area contributed by atoms with Gasteiger partial charge in [0.25, 0.3) is 0 Å². The summed E-state index contributed by atoms with van der Waals surface area (Å²) in [4.78, 5) is 2.43. The normalized spacial score (nSPS) is 43.2. The van der Waals surface area contributed by atoms with Crippen LogP contribution in [0.15, 0.2) is 0 Å². The van der Waals surface area contributed by atoms with Gasteiger partial charge >= 0.3 is 0 Å². The molecule has 0 radical (unpaired) electrons. The van der Waals surface area contributed by atoms with E-state index in [1.54, 1.807) is 0 Å². The predicted molar refractivity (Wildman–Crippen MR) is 49.0 cm³/mol. The van der Waals surface area contributed by atoms with Crippen molar-refractivity contribution in [2.24, 2.45) is 5.92 Å². The van der Waals surface area contributed by atoms with Crippen molar-refractivity contribution >= 4 is 0 Å². The van der Waals surface area contributed by atoms with Crippen LogP contribution in [0.25, 0.3) is 0 Å². The maximum absolute atomic E-state index is 9.84. The zero-order chi connectivity index (χ0) is 8.39. The molecule has 0 saturated carbocycles. The van der Waals surface area contributed by atoms with Gasteiger partial charge < -0.3 is 10.0 Å². The molecule has 2 aliphatic rings. The van der Waals surface area contributed by atoms with Crippen LogP contribution in [0.1, 0.15) is 32.1 Å². The Bertz CT molecular complexity index is 145. The molecule has 1 N–H and O–H groups in total. The van der Waals surface area contributed by atoms with Gasteiger partial charge in [-0.3, -0.25) is 0 Å². The molecule has 3 atom stereocenters. The summed E-state index contributed by atoms with van der Waals surface area (Å²) in [7, 11) is 0. The van der Waals surface area contributed by atoms with E-state index in [-0.39, 0.29) is 6.10 Å². The highest BCUT2D eigenvalue weighted by Crippen LogP contribution is 2.25. The number of fused-ring (bicyclic) bond motifs is 3. The van der Waals surface area contributed by atoms with E-state index in [9.17, 15) is 5.11 Å². The van der Waals surface area contributed by atoms with Crippen molar-refractivity contribution in [2.75, 3.05) is 19.6 Å². The van der Waals surface area contributed by atoms with E-state index in [0.717, 1.165) is 6.54 Å². The molecule has 2 aliphatic heterocycles. The summed E-state index contributed by atoms with van der Waals surface area (Å²) < 4.78 is 0. The molecule has 70 valence electrons. The Morgan fingerprint density at radius 2 is 1.75 bits per heavy atom. The number of aliphatic hydroxyl groups is 1. The van der Waals surface area contributed by atoms with Gasteiger partial charge in [-0.05, 0) is 44.7 Å². The summed E-state index contributed by atoms with van der Waals surface area (Å²) in [5, 5.41) is 9.84. The molecule has 0 aliphatic carbocycles. The van der Waals surface area contributed by atoms with E-state index in [2.05, 4.69) is 4.90 Å². The maximum atomic E-state index is 9.84. The standard InChI is InChI=1S/C10H19NO/c12-10-8-11-6-2-1-4-9(10)5-3-7-11/h9-10,12H,1-8H2.